The van der Waals surface area contributed by atoms with E-state index in [1.165, 1.54) is 43.3 Å². The number of piperidine rings is 1. The van der Waals surface area contributed by atoms with Gasteiger partial charge in [-0.15, -0.1) is 0 Å². The summed E-state index contributed by atoms with van der Waals surface area (Å²) in [5, 5.41) is 9.52. The molecule has 6 nitrogen and oxygen atoms in total. The molecule has 1 aromatic carbocycles. The van der Waals surface area contributed by atoms with Gasteiger partial charge in [-0.1, -0.05) is 27.2 Å². The van der Waals surface area contributed by atoms with Gasteiger partial charge >= 0.3 is 6.09 Å². The van der Waals surface area contributed by atoms with Crippen molar-refractivity contribution in [2.45, 2.75) is 52.5 Å². The maximum atomic E-state index is 14.9. The lowest BCUT2D eigenvalue weighted by Crippen LogP contribution is -2.59. The average molecular weight is 422 g/mol. The standard InChI is InChI=1S/C23H36FN3O3/c1-23(2,3)21-17-26(13-14-27(21)22(28)29)20-9-8-18(16-19(20)24)30-15-7-12-25-10-5-4-6-11-25/h8-9,16,21H,4-7,10-15,17H2,1-3H3,(H,28,29). The van der Waals surface area contributed by atoms with E-state index in [0.29, 0.717) is 37.7 Å². The van der Waals surface area contributed by atoms with E-state index in [1.807, 2.05) is 31.7 Å². The lowest BCUT2D eigenvalue weighted by molar-refractivity contribution is 0.0747. The van der Waals surface area contributed by atoms with Gasteiger partial charge in [-0.3, -0.25) is 0 Å². The summed E-state index contributed by atoms with van der Waals surface area (Å²) in [6, 6.07) is 4.82. The molecule has 168 valence electrons. The van der Waals surface area contributed by atoms with Gasteiger partial charge in [-0.2, -0.15) is 0 Å². The Hall–Kier alpha value is -2.02. The quantitative estimate of drug-likeness (QED) is 0.694. The van der Waals surface area contributed by atoms with Gasteiger partial charge in [0.2, 0.25) is 0 Å². The van der Waals surface area contributed by atoms with Crippen molar-refractivity contribution in [1.29, 1.82) is 0 Å². The molecule has 7 heteroatoms. The Morgan fingerprint density at radius 2 is 1.90 bits per heavy atom. The predicted molar refractivity (Wildman–Crippen MR) is 117 cm³/mol. The highest BCUT2D eigenvalue weighted by Crippen LogP contribution is 2.32. The van der Waals surface area contributed by atoms with E-state index in [1.54, 1.807) is 6.07 Å². The molecule has 0 bridgehead atoms. The molecule has 1 atom stereocenters. The average Bonchev–Trinajstić information content (AvgIpc) is 2.71. The number of nitrogens with zero attached hydrogens (tertiary/aromatic N) is 3. The molecule has 1 aromatic rings. The van der Waals surface area contributed by atoms with Crippen LogP contribution >= 0.6 is 0 Å². The van der Waals surface area contributed by atoms with Crippen LogP contribution in [-0.2, 0) is 0 Å². The minimum atomic E-state index is -0.914. The van der Waals surface area contributed by atoms with Gasteiger partial charge in [0.05, 0.1) is 18.3 Å². The number of likely N-dealkylation sites (tertiary alicyclic amines) is 1. The molecule has 0 saturated carbocycles. The van der Waals surface area contributed by atoms with E-state index in [4.69, 9.17) is 4.74 Å². The van der Waals surface area contributed by atoms with Crippen molar-refractivity contribution in [2.75, 3.05) is 50.8 Å². The number of halogens is 1. The number of benzene rings is 1. The van der Waals surface area contributed by atoms with E-state index in [2.05, 4.69) is 4.90 Å². The maximum absolute atomic E-state index is 14.9. The molecule has 0 radical (unpaired) electrons. The highest BCUT2D eigenvalue weighted by molar-refractivity contribution is 5.66. The number of piperazine rings is 1. The van der Waals surface area contributed by atoms with Crippen LogP contribution < -0.4 is 9.64 Å². The second kappa shape index (κ2) is 9.86. The molecule has 2 heterocycles. The Kier molecular flexibility index (Phi) is 7.45. The highest BCUT2D eigenvalue weighted by atomic mass is 19.1. The summed E-state index contributed by atoms with van der Waals surface area (Å²) in [4.78, 5) is 17.5. The van der Waals surface area contributed by atoms with Crippen molar-refractivity contribution in [1.82, 2.24) is 9.80 Å². The second-order valence-corrected chi connectivity index (χ2v) is 9.52. The Morgan fingerprint density at radius 3 is 2.53 bits per heavy atom. The SMILES string of the molecule is CC(C)(C)C1CN(c2ccc(OCCCN3CCCCC3)cc2F)CCN1C(=O)O. The molecular weight excluding hydrogens is 385 g/mol. The van der Waals surface area contributed by atoms with Gasteiger partial charge in [0.1, 0.15) is 11.6 Å². The molecule has 0 aliphatic carbocycles. The lowest BCUT2D eigenvalue weighted by Gasteiger charge is -2.46. The van der Waals surface area contributed by atoms with Gasteiger partial charge in [0, 0.05) is 32.2 Å². The van der Waals surface area contributed by atoms with Crippen LogP contribution in [0.1, 0.15) is 46.5 Å². The molecule has 1 amide bonds. The molecule has 30 heavy (non-hydrogen) atoms. The number of carboxylic acid groups (broad SMARTS) is 1. The third-order valence-electron chi connectivity index (χ3n) is 6.22. The predicted octanol–water partition coefficient (Wildman–Crippen LogP) is 4.30. The second-order valence-electron chi connectivity index (χ2n) is 9.52. The molecule has 1 unspecified atom stereocenters. The molecular formula is C23H36FN3O3. The molecule has 2 aliphatic rings. The first-order valence-corrected chi connectivity index (χ1v) is 11.1. The van der Waals surface area contributed by atoms with Gasteiger partial charge in [-0.25, -0.2) is 9.18 Å². The monoisotopic (exact) mass is 421 g/mol. The number of anilines is 1. The van der Waals surface area contributed by atoms with Crippen LogP contribution in [0.2, 0.25) is 0 Å². The van der Waals surface area contributed by atoms with Crippen molar-refractivity contribution in [2.24, 2.45) is 5.41 Å². The lowest BCUT2D eigenvalue weighted by atomic mass is 9.84. The Morgan fingerprint density at radius 1 is 1.17 bits per heavy atom. The van der Waals surface area contributed by atoms with Crippen molar-refractivity contribution < 1.29 is 19.0 Å². The zero-order valence-corrected chi connectivity index (χ0v) is 18.6. The minimum absolute atomic E-state index is 0.200. The number of amides is 1. The van der Waals surface area contributed by atoms with Gasteiger partial charge in [0.25, 0.3) is 0 Å². The van der Waals surface area contributed by atoms with E-state index >= 15 is 0 Å². The largest absolute Gasteiger partial charge is 0.493 e. The molecule has 0 aromatic heterocycles. The summed E-state index contributed by atoms with van der Waals surface area (Å²) in [5.41, 5.74) is 0.278. The fraction of sp³-hybridized carbons (Fsp3) is 0.696. The fourth-order valence-electron chi connectivity index (χ4n) is 4.47. The summed E-state index contributed by atoms with van der Waals surface area (Å²) >= 11 is 0. The van der Waals surface area contributed by atoms with E-state index in [-0.39, 0.29) is 17.3 Å². The Bertz CT molecular complexity index is 716. The van der Waals surface area contributed by atoms with Crippen LogP contribution in [-0.4, -0.2) is 72.9 Å². The maximum Gasteiger partial charge on any atom is 0.407 e. The first-order chi connectivity index (χ1) is 14.3. The summed E-state index contributed by atoms with van der Waals surface area (Å²) < 4.78 is 20.6. The third-order valence-corrected chi connectivity index (χ3v) is 6.22. The topological polar surface area (TPSA) is 56.2 Å². The fourth-order valence-corrected chi connectivity index (χ4v) is 4.47. The number of hydrogen-bond acceptors (Lipinski definition) is 4. The minimum Gasteiger partial charge on any atom is -0.493 e. The van der Waals surface area contributed by atoms with E-state index in [0.717, 1.165) is 13.0 Å². The van der Waals surface area contributed by atoms with Crippen LogP contribution in [0, 0.1) is 11.2 Å². The van der Waals surface area contributed by atoms with Crippen LogP contribution in [0.4, 0.5) is 14.9 Å². The molecule has 0 spiro atoms. The third kappa shape index (κ3) is 5.78. The van der Waals surface area contributed by atoms with Crippen LogP contribution in [0.25, 0.3) is 0 Å². The molecule has 2 fully saturated rings. The smallest absolute Gasteiger partial charge is 0.407 e. The van der Waals surface area contributed by atoms with Crippen molar-refractivity contribution in [3.8, 4) is 5.75 Å². The number of ether oxygens (including phenoxy) is 1. The first-order valence-electron chi connectivity index (χ1n) is 11.1. The van der Waals surface area contributed by atoms with E-state index < -0.39 is 6.09 Å². The summed E-state index contributed by atoms with van der Waals surface area (Å²) in [7, 11) is 0. The van der Waals surface area contributed by atoms with Crippen LogP contribution in [0.15, 0.2) is 18.2 Å². The Labute approximate surface area is 179 Å². The summed E-state index contributed by atoms with van der Waals surface area (Å²) in [6.07, 6.45) is 3.92. The highest BCUT2D eigenvalue weighted by Gasteiger charge is 2.38. The first kappa shape index (κ1) is 22.7. The zero-order valence-electron chi connectivity index (χ0n) is 18.6. The van der Waals surface area contributed by atoms with Gasteiger partial charge < -0.3 is 24.5 Å². The van der Waals surface area contributed by atoms with Crippen molar-refractivity contribution in [3.63, 3.8) is 0 Å². The summed E-state index contributed by atoms with van der Waals surface area (Å²) in [5.74, 6) is 0.228. The molecule has 3 rings (SSSR count). The number of hydrogen-bond donors (Lipinski definition) is 1. The molecule has 2 saturated heterocycles. The van der Waals surface area contributed by atoms with Crippen LogP contribution in [0.3, 0.4) is 0 Å². The van der Waals surface area contributed by atoms with Gasteiger partial charge in [0.15, 0.2) is 0 Å². The van der Waals surface area contributed by atoms with E-state index in [9.17, 15) is 14.3 Å². The molecule has 2 aliphatic heterocycles. The zero-order chi connectivity index (χ0) is 21.7. The molecule has 1 N–H and O–H groups in total. The van der Waals surface area contributed by atoms with Crippen molar-refractivity contribution in [3.05, 3.63) is 24.0 Å². The van der Waals surface area contributed by atoms with Crippen molar-refractivity contribution >= 4 is 11.8 Å². The van der Waals surface area contributed by atoms with Crippen LogP contribution in [0.5, 0.6) is 5.75 Å². The van der Waals surface area contributed by atoms with Gasteiger partial charge in [-0.05, 0) is 49.9 Å². The number of carbonyl (C=O) groups is 1. The normalized spacial score (nSPS) is 21.0. The Balaban J connectivity index is 1.56. The number of rotatable bonds is 6. The summed E-state index contributed by atoms with van der Waals surface area (Å²) in [6.45, 7) is 11.3.